The van der Waals surface area contributed by atoms with Crippen LogP contribution in [0.2, 0.25) is 0 Å². The predicted molar refractivity (Wildman–Crippen MR) is 68.2 cm³/mol. The summed E-state index contributed by atoms with van der Waals surface area (Å²) in [7, 11) is 0. The Balaban J connectivity index is 1.77. The lowest BCUT2D eigenvalue weighted by molar-refractivity contribution is 0.615. The van der Waals surface area contributed by atoms with Crippen LogP contribution in [-0.2, 0) is 0 Å². The summed E-state index contributed by atoms with van der Waals surface area (Å²) in [5.41, 5.74) is 1.94. The number of anilines is 1. The molecule has 17 heavy (non-hydrogen) atoms. The van der Waals surface area contributed by atoms with Gasteiger partial charge in [0.1, 0.15) is 5.52 Å². The molecule has 1 aromatic carbocycles. The topological polar surface area (TPSA) is 50.7 Å². The Morgan fingerprint density at radius 3 is 2.65 bits per heavy atom. The second-order valence-corrected chi connectivity index (χ2v) is 4.88. The normalized spacial score (nSPS) is 17.0. The van der Waals surface area contributed by atoms with Gasteiger partial charge in [-0.2, -0.15) is 0 Å². The van der Waals surface area contributed by atoms with E-state index in [1.807, 2.05) is 24.3 Å². The van der Waals surface area contributed by atoms with E-state index >= 15 is 0 Å². The van der Waals surface area contributed by atoms with E-state index in [1.54, 1.807) is 0 Å². The molecular formula is C12H13ClN4. The van der Waals surface area contributed by atoms with Crippen LogP contribution in [-0.4, -0.2) is 27.6 Å². The van der Waals surface area contributed by atoms with Crippen molar-refractivity contribution in [3.05, 3.63) is 24.3 Å². The van der Waals surface area contributed by atoms with Gasteiger partial charge >= 0.3 is 0 Å². The van der Waals surface area contributed by atoms with Crippen LogP contribution in [0.25, 0.3) is 11.0 Å². The molecule has 1 aliphatic rings. The van der Waals surface area contributed by atoms with Crippen molar-refractivity contribution >= 4 is 28.6 Å². The molecule has 0 aliphatic heterocycles. The van der Waals surface area contributed by atoms with Crippen LogP contribution in [0.1, 0.15) is 12.8 Å². The van der Waals surface area contributed by atoms with E-state index in [2.05, 4.69) is 20.5 Å². The molecule has 1 N–H and O–H groups in total. The number of hydrogen-bond acceptors (Lipinski definition) is 4. The molecule has 3 rings (SSSR count). The lowest BCUT2D eigenvalue weighted by Gasteiger charge is -2.11. The van der Waals surface area contributed by atoms with Crippen molar-refractivity contribution in [3.63, 3.8) is 0 Å². The highest BCUT2D eigenvalue weighted by atomic mass is 35.5. The highest BCUT2D eigenvalue weighted by Crippen LogP contribution is 2.46. The van der Waals surface area contributed by atoms with Crippen LogP contribution in [0, 0.1) is 5.41 Å². The maximum absolute atomic E-state index is 5.92. The molecule has 4 nitrogen and oxygen atoms in total. The zero-order chi connectivity index (χ0) is 11.7. The Kier molecular flexibility index (Phi) is 2.59. The van der Waals surface area contributed by atoms with E-state index in [9.17, 15) is 0 Å². The lowest BCUT2D eigenvalue weighted by Crippen LogP contribution is -2.18. The van der Waals surface area contributed by atoms with Gasteiger partial charge in [0.05, 0.1) is 5.52 Å². The van der Waals surface area contributed by atoms with E-state index in [1.165, 1.54) is 12.8 Å². The molecule has 1 heterocycles. The lowest BCUT2D eigenvalue weighted by atomic mass is 10.1. The van der Waals surface area contributed by atoms with Crippen molar-refractivity contribution in [2.45, 2.75) is 12.8 Å². The van der Waals surface area contributed by atoms with E-state index in [-0.39, 0.29) is 5.41 Å². The maximum Gasteiger partial charge on any atom is 0.243 e. The molecule has 0 amide bonds. The third-order valence-corrected chi connectivity index (χ3v) is 3.79. The minimum Gasteiger partial charge on any atom is -0.352 e. The first kappa shape index (κ1) is 10.7. The summed E-state index contributed by atoms with van der Waals surface area (Å²) in [5.74, 6) is 1.28. The fraction of sp³-hybridized carbons (Fsp3) is 0.417. The van der Waals surface area contributed by atoms with Crippen LogP contribution in [0.4, 0.5) is 5.95 Å². The number of nitrogens with zero attached hydrogens (tertiary/aromatic N) is 3. The van der Waals surface area contributed by atoms with E-state index in [0.29, 0.717) is 11.8 Å². The summed E-state index contributed by atoms with van der Waals surface area (Å²) in [6.45, 7) is 0.830. The molecule has 1 aliphatic carbocycles. The summed E-state index contributed by atoms with van der Waals surface area (Å²) in [6.07, 6.45) is 2.37. The van der Waals surface area contributed by atoms with Gasteiger partial charge in [0, 0.05) is 17.8 Å². The second-order valence-electron chi connectivity index (χ2n) is 4.61. The van der Waals surface area contributed by atoms with Gasteiger partial charge in [-0.15, -0.1) is 21.8 Å². The third-order valence-electron chi connectivity index (χ3n) is 3.22. The Hall–Kier alpha value is -1.42. The summed E-state index contributed by atoms with van der Waals surface area (Å²) < 4.78 is 0. The van der Waals surface area contributed by atoms with Crippen molar-refractivity contribution in [2.75, 3.05) is 17.7 Å². The first-order chi connectivity index (χ1) is 8.31. The Labute approximate surface area is 104 Å². The van der Waals surface area contributed by atoms with Gasteiger partial charge in [-0.05, 0) is 25.0 Å². The maximum atomic E-state index is 5.92. The number of alkyl halides is 1. The SMILES string of the molecule is ClCC1(CNc2nnc3ccccc3n2)CC1. The van der Waals surface area contributed by atoms with Crippen molar-refractivity contribution < 1.29 is 0 Å². The highest BCUT2D eigenvalue weighted by Gasteiger charge is 2.41. The van der Waals surface area contributed by atoms with Crippen LogP contribution in [0.3, 0.4) is 0 Å². The van der Waals surface area contributed by atoms with Gasteiger partial charge in [-0.25, -0.2) is 4.98 Å². The molecule has 2 aromatic rings. The predicted octanol–water partition coefficient (Wildman–Crippen LogP) is 2.46. The summed E-state index contributed by atoms with van der Waals surface area (Å²) in [6, 6.07) is 7.71. The number of rotatable bonds is 4. The third kappa shape index (κ3) is 2.17. The average Bonchev–Trinajstić information content (AvgIpc) is 3.17. The molecule has 5 heteroatoms. The van der Waals surface area contributed by atoms with Crippen molar-refractivity contribution in [1.29, 1.82) is 0 Å². The van der Waals surface area contributed by atoms with Crippen molar-refractivity contribution in [3.8, 4) is 0 Å². The standard InChI is InChI=1S/C12H13ClN4/c13-7-12(5-6-12)8-14-11-15-9-3-1-2-4-10(9)16-17-11/h1-4H,5-8H2,(H,14,15,17). The number of aromatic nitrogens is 3. The van der Waals surface area contributed by atoms with Gasteiger partial charge in [0.15, 0.2) is 0 Å². The van der Waals surface area contributed by atoms with Gasteiger partial charge in [-0.3, -0.25) is 0 Å². The molecule has 88 valence electrons. The molecule has 0 saturated heterocycles. The largest absolute Gasteiger partial charge is 0.352 e. The molecule has 0 atom stereocenters. The number of nitrogens with one attached hydrogen (secondary N) is 1. The van der Waals surface area contributed by atoms with Gasteiger partial charge in [0.2, 0.25) is 5.95 Å². The monoisotopic (exact) mass is 248 g/mol. The number of fused-ring (bicyclic) bond motifs is 1. The molecule has 0 spiro atoms. The minimum atomic E-state index is 0.260. The molecule has 0 unspecified atom stereocenters. The van der Waals surface area contributed by atoms with Gasteiger partial charge in [0.25, 0.3) is 0 Å². The van der Waals surface area contributed by atoms with Crippen LogP contribution < -0.4 is 5.32 Å². The summed E-state index contributed by atoms with van der Waals surface area (Å²) >= 11 is 5.92. The Morgan fingerprint density at radius 2 is 1.94 bits per heavy atom. The molecule has 0 radical (unpaired) electrons. The summed E-state index contributed by atoms with van der Waals surface area (Å²) in [4.78, 5) is 4.41. The first-order valence-electron chi connectivity index (χ1n) is 5.71. The zero-order valence-electron chi connectivity index (χ0n) is 9.36. The second kappa shape index (κ2) is 4.11. The van der Waals surface area contributed by atoms with Crippen LogP contribution in [0.15, 0.2) is 24.3 Å². The Bertz CT molecular complexity index is 539. The number of hydrogen-bond donors (Lipinski definition) is 1. The minimum absolute atomic E-state index is 0.260. The Morgan fingerprint density at radius 1 is 1.18 bits per heavy atom. The number of benzene rings is 1. The highest BCUT2D eigenvalue weighted by molar-refractivity contribution is 6.18. The van der Waals surface area contributed by atoms with Crippen molar-refractivity contribution in [1.82, 2.24) is 15.2 Å². The number of para-hydroxylation sites is 1. The molecule has 1 saturated carbocycles. The van der Waals surface area contributed by atoms with Crippen LogP contribution in [0.5, 0.6) is 0 Å². The molecule has 1 fully saturated rings. The van der Waals surface area contributed by atoms with Crippen molar-refractivity contribution in [2.24, 2.45) is 5.41 Å². The van der Waals surface area contributed by atoms with E-state index < -0.39 is 0 Å². The smallest absolute Gasteiger partial charge is 0.243 e. The van der Waals surface area contributed by atoms with Gasteiger partial charge in [-0.1, -0.05) is 12.1 Å². The fourth-order valence-electron chi connectivity index (χ4n) is 1.76. The molecule has 1 aromatic heterocycles. The van der Waals surface area contributed by atoms with E-state index in [0.717, 1.165) is 17.6 Å². The number of halogens is 1. The van der Waals surface area contributed by atoms with E-state index in [4.69, 9.17) is 11.6 Å². The molecule has 0 bridgehead atoms. The van der Waals surface area contributed by atoms with Crippen LogP contribution >= 0.6 is 11.6 Å². The fourth-order valence-corrected chi connectivity index (χ4v) is 2.12. The summed E-state index contributed by atoms with van der Waals surface area (Å²) in [5, 5.41) is 11.4. The first-order valence-corrected chi connectivity index (χ1v) is 6.24. The zero-order valence-corrected chi connectivity index (χ0v) is 10.1. The average molecular weight is 249 g/mol. The molecular weight excluding hydrogens is 236 g/mol. The quantitative estimate of drug-likeness (QED) is 0.845. The van der Waals surface area contributed by atoms with Gasteiger partial charge < -0.3 is 5.32 Å².